The maximum Gasteiger partial charge on any atom is 0.126 e. The zero-order valence-electron chi connectivity index (χ0n) is 49.5. The highest BCUT2D eigenvalue weighted by Crippen LogP contribution is 2.30. The highest BCUT2D eigenvalue weighted by atomic mass is 16.5. The molecule has 11 heteroatoms. The van der Waals surface area contributed by atoms with Gasteiger partial charge < -0.3 is 33.2 Å². The predicted molar refractivity (Wildman–Crippen MR) is 338 cm³/mol. The molecule has 440 valence electrons. The maximum absolute atomic E-state index is 9.09. The number of nitriles is 2. The van der Waals surface area contributed by atoms with Crippen LogP contribution in [-0.4, -0.2) is 46.2 Å². The molecule has 0 N–H and O–H groups in total. The molecule has 7 aromatic carbocycles. The summed E-state index contributed by atoms with van der Waals surface area (Å²) in [6.45, 7) is 6.79. The first-order valence-electron chi connectivity index (χ1n) is 30.9. The van der Waals surface area contributed by atoms with E-state index < -0.39 is 0 Å². The van der Waals surface area contributed by atoms with Crippen molar-refractivity contribution < 1.29 is 33.2 Å². The molecule has 0 aromatic heterocycles. The number of ether oxygens (including phenoxy) is 7. The van der Waals surface area contributed by atoms with E-state index in [1.807, 2.05) is 140 Å². The molecule has 0 radical (unpaired) electrons. The van der Waals surface area contributed by atoms with Crippen molar-refractivity contribution in [1.29, 1.82) is 10.5 Å². The molecule has 0 fully saturated rings. The number of hydrogen-bond donors (Lipinski definition) is 0. The molecule has 7 aromatic rings. The van der Waals surface area contributed by atoms with E-state index in [0.29, 0.717) is 50.8 Å². The van der Waals surface area contributed by atoms with E-state index in [1.54, 1.807) is 0 Å². The Hall–Kier alpha value is -8.28. The van der Waals surface area contributed by atoms with Crippen LogP contribution >= 0.6 is 0 Å². The minimum Gasteiger partial charge on any atom is -0.494 e. The van der Waals surface area contributed by atoms with Crippen LogP contribution in [0.1, 0.15) is 153 Å². The Morgan fingerprint density at radius 1 is 0.262 bits per heavy atom. The molecule has 11 nitrogen and oxygen atoms in total. The summed E-state index contributed by atoms with van der Waals surface area (Å²) in [6.07, 6.45) is 23.6. The molecule has 0 aliphatic carbocycles. The summed E-state index contributed by atoms with van der Waals surface area (Å²) in [5.41, 5.74) is 7.20. The Kier molecular flexibility index (Phi) is 29.0. The smallest absolute Gasteiger partial charge is 0.126 e. The maximum atomic E-state index is 9.09. The highest BCUT2D eigenvalue weighted by molar-refractivity contribution is 5.66. The first-order valence-corrected chi connectivity index (χ1v) is 30.9. The van der Waals surface area contributed by atoms with Crippen LogP contribution in [0.15, 0.2) is 174 Å². The third-order valence-corrected chi connectivity index (χ3v) is 14.5. The molecule has 0 atom stereocenters. The van der Waals surface area contributed by atoms with Crippen molar-refractivity contribution in [3.8, 4) is 74.6 Å². The van der Waals surface area contributed by atoms with E-state index in [1.165, 1.54) is 51.4 Å². The second-order valence-electron chi connectivity index (χ2n) is 21.3. The van der Waals surface area contributed by atoms with Gasteiger partial charge in [-0.2, -0.15) is 20.8 Å². The summed E-state index contributed by atoms with van der Waals surface area (Å²) in [5.74, 6) is 5.65. The van der Waals surface area contributed by atoms with Crippen LogP contribution < -0.4 is 33.2 Å². The Labute approximate surface area is 500 Å². The van der Waals surface area contributed by atoms with Crippen molar-refractivity contribution >= 4 is 11.4 Å². The summed E-state index contributed by atoms with van der Waals surface area (Å²) < 4.78 is 42.9. The van der Waals surface area contributed by atoms with E-state index in [0.717, 1.165) is 164 Å². The van der Waals surface area contributed by atoms with Crippen molar-refractivity contribution in [1.82, 2.24) is 0 Å². The van der Waals surface area contributed by atoms with Crippen molar-refractivity contribution in [2.24, 2.45) is 10.2 Å². The van der Waals surface area contributed by atoms with Gasteiger partial charge in [0.25, 0.3) is 0 Å². The molecule has 0 aliphatic heterocycles. The molecule has 0 saturated carbocycles. The number of benzene rings is 7. The topological polar surface area (TPSA) is 137 Å². The zero-order valence-corrected chi connectivity index (χ0v) is 49.5. The second kappa shape index (κ2) is 38.5. The molecule has 84 heavy (non-hydrogen) atoms. The van der Waals surface area contributed by atoms with Gasteiger partial charge in [0.15, 0.2) is 0 Å². The van der Waals surface area contributed by atoms with E-state index in [4.69, 9.17) is 43.7 Å². The average Bonchev–Trinajstić information content (AvgIpc) is 3.66. The SMILES string of the molecule is CCCCCCCCCCCOc1ccc(N=Nc2ccc(OCCCCCCOc3cc(OCCCCCCOc4ccc(-c5ccc(C#N)cc5)cc4)cc(OCCCCCCOc4ccc(-c5ccc(C#N)cc5)cc4)c3)cc2)cc1. The van der Waals surface area contributed by atoms with Crippen molar-refractivity contribution in [3.05, 3.63) is 175 Å². The summed E-state index contributed by atoms with van der Waals surface area (Å²) >= 11 is 0. The van der Waals surface area contributed by atoms with Gasteiger partial charge in [-0.05, 0) is 203 Å². The normalized spacial score (nSPS) is 11.0. The minimum absolute atomic E-state index is 0.601. The van der Waals surface area contributed by atoms with Gasteiger partial charge in [-0.15, -0.1) is 0 Å². The van der Waals surface area contributed by atoms with E-state index in [2.05, 4.69) is 53.6 Å². The zero-order chi connectivity index (χ0) is 58.3. The lowest BCUT2D eigenvalue weighted by atomic mass is 10.0. The van der Waals surface area contributed by atoms with Gasteiger partial charge in [-0.25, -0.2) is 0 Å². The Balaban J connectivity index is 0.762. The first kappa shape index (κ1) is 63.3. The number of azo groups is 1. The van der Waals surface area contributed by atoms with Crippen molar-refractivity contribution in [3.63, 3.8) is 0 Å². The number of rotatable bonds is 42. The fraction of sp³-hybridized carbons (Fsp3) is 0.397. The van der Waals surface area contributed by atoms with Crippen LogP contribution in [0.2, 0.25) is 0 Å². The Bertz CT molecular complexity index is 2870. The second-order valence-corrected chi connectivity index (χ2v) is 21.3. The third kappa shape index (κ3) is 24.7. The minimum atomic E-state index is 0.601. The molecule has 0 unspecified atom stereocenters. The number of unbranched alkanes of at least 4 members (excludes halogenated alkanes) is 17. The fourth-order valence-electron chi connectivity index (χ4n) is 9.51. The van der Waals surface area contributed by atoms with Crippen molar-refractivity contribution in [2.45, 2.75) is 142 Å². The summed E-state index contributed by atoms with van der Waals surface area (Å²) in [7, 11) is 0. The molecule has 0 heterocycles. The monoisotopic (exact) mass is 1130 g/mol. The number of hydrogen-bond acceptors (Lipinski definition) is 11. The lowest BCUT2D eigenvalue weighted by molar-refractivity contribution is 0.269. The van der Waals surface area contributed by atoms with Gasteiger partial charge in [-0.1, -0.05) is 107 Å². The van der Waals surface area contributed by atoms with Gasteiger partial charge in [0.2, 0.25) is 0 Å². The summed E-state index contributed by atoms with van der Waals surface area (Å²) in [4.78, 5) is 0. The lowest BCUT2D eigenvalue weighted by Crippen LogP contribution is -2.03. The Morgan fingerprint density at radius 2 is 0.476 bits per heavy atom. The third-order valence-electron chi connectivity index (χ3n) is 14.5. The molecule has 0 spiro atoms. The Morgan fingerprint density at radius 3 is 0.726 bits per heavy atom. The van der Waals surface area contributed by atoms with E-state index in [9.17, 15) is 0 Å². The van der Waals surface area contributed by atoms with Crippen LogP contribution in [0.5, 0.6) is 40.2 Å². The largest absolute Gasteiger partial charge is 0.494 e. The summed E-state index contributed by atoms with van der Waals surface area (Å²) in [6, 6.07) is 57.3. The average molecular weight is 1130 g/mol. The summed E-state index contributed by atoms with van der Waals surface area (Å²) in [5, 5.41) is 27.0. The molecule has 0 aliphatic rings. The molecule has 0 saturated heterocycles. The molecule has 0 bridgehead atoms. The van der Waals surface area contributed by atoms with Gasteiger partial charge in [0.1, 0.15) is 40.2 Å². The van der Waals surface area contributed by atoms with E-state index >= 15 is 0 Å². The lowest BCUT2D eigenvalue weighted by Gasteiger charge is -2.14. The number of nitrogens with zero attached hydrogens (tertiary/aromatic N) is 4. The van der Waals surface area contributed by atoms with Crippen LogP contribution in [0, 0.1) is 22.7 Å². The fourth-order valence-corrected chi connectivity index (χ4v) is 9.51. The molecular formula is C73H86N4O7. The van der Waals surface area contributed by atoms with Crippen LogP contribution in [0.25, 0.3) is 22.3 Å². The van der Waals surface area contributed by atoms with Gasteiger partial charge in [0, 0.05) is 18.2 Å². The first-order chi connectivity index (χ1) is 41.5. The van der Waals surface area contributed by atoms with Crippen molar-refractivity contribution in [2.75, 3.05) is 46.2 Å². The van der Waals surface area contributed by atoms with Crippen LogP contribution in [-0.2, 0) is 0 Å². The van der Waals surface area contributed by atoms with Gasteiger partial charge >= 0.3 is 0 Å². The molecule has 0 amide bonds. The van der Waals surface area contributed by atoms with Gasteiger partial charge in [-0.3, -0.25) is 0 Å². The predicted octanol–water partition coefficient (Wildman–Crippen LogP) is 20.1. The van der Waals surface area contributed by atoms with E-state index in [-0.39, 0.29) is 0 Å². The molecule has 7 rings (SSSR count). The highest BCUT2D eigenvalue weighted by Gasteiger charge is 2.08. The molecular weight excluding hydrogens is 1040 g/mol. The van der Waals surface area contributed by atoms with Gasteiger partial charge in [0.05, 0.1) is 80.9 Å². The van der Waals surface area contributed by atoms with Crippen LogP contribution in [0.3, 0.4) is 0 Å². The van der Waals surface area contributed by atoms with Crippen LogP contribution in [0.4, 0.5) is 11.4 Å². The quantitative estimate of drug-likeness (QED) is 0.0270. The standard InChI is InChI=1S/C73H86N4O7/c1-2-3-4-5-6-7-8-9-16-47-80-69-43-35-65(36-44-69)76-77-66-37-45-70(46-38-66)81-50-19-12-15-22-53-84-73-55-71(82-51-20-13-10-17-48-78-67-39-31-63(32-40-67)61-27-23-59(57-74)24-28-61)54-72(56-73)83-52-21-14-11-18-49-79-68-41-33-64(34-42-68)62-29-25-60(58-75)26-30-62/h23-46,54-56H,2-22,47-53H2,1H3.